The summed E-state index contributed by atoms with van der Waals surface area (Å²) in [5.74, 6) is 0.134. The zero-order valence-corrected chi connectivity index (χ0v) is 16.6. The summed E-state index contributed by atoms with van der Waals surface area (Å²) in [5, 5.41) is 17.7. The van der Waals surface area contributed by atoms with E-state index in [0.717, 1.165) is 24.5 Å². The number of hydrogen-bond donors (Lipinski definition) is 2. The lowest BCUT2D eigenvalue weighted by molar-refractivity contribution is 0.0928. The third-order valence-electron chi connectivity index (χ3n) is 4.17. The molecule has 2 heterocycles. The highest BCUT2D eigenvalue weighted by atomic mass is 32.1. The molecule has 2 amide bonds. The van der Waals surface area contributed by atoms with Gasteiger partial charge in [0.1, 0.15) is 5.01 Å². The minimum absolute atomic E-state index is 0.106. The number of carbonyl (C=O) groups excluding carboxylic acids is 1. The maximum Gasteiger partial charge on any atom is 0.343 e. The van der Waals surface area contributed by atoms with Crippen molar-refractivity contribution >= 4 is 17.4 Å². The molecule has 2 rings (SSSR count). The lowest BCUT2D eigenvalue weighted by Crippen LogP contribution is -2.40. The highest BCUT2D eigenvalue weighted by molar-refractivity contribution is 7.09. The van der Waals surface area contributed by atoms with E-state index in [-0.39, 0.29) is 30.1 Å². The number of ether oxygens (including phenoxy) is 1. The molecule has 1 aromatic rings. The van der Waals surface area contributed by atoms with E-state index in [1.165, 1.54) is 11.3 Å². The van der Waals surface area contributed by atoms with Crippen molar-refractivity contribution in [3.05, 3.63) is 9.81 Å². The number of rotatable bonds is 5. The van der Waals surface area contributed by atoms with Gasteiger partial charge in [-0.3, -0.25) is 0 Å². The molecule has 7 nitrogen and oxygen atoms in total. The van der Waals surface area contributed by atoms with Gasteiger partial charge in [0, 0.05) is 12.0 Å². The van der Waals surface area contributed by atoms with Crippen LogP contribution in [0, 0.1) is 5.92 Å². The van der Waals surface area contributed by atoms with Crippen molar-refractivity contribution in [3.63, 3.8) is 0 Å². The molecule has 8 heteroatoms. The van der Waals surface area contributed by atoms with Crippen molar-refractivity contribution in [1.29, 1.82) is 0 Å². The minimum Gasteiger partial charge on any atom is -0.394 e. The second-order valence-corrected chi connectivity index (χ2v) is 8.81. The number of nitrogens with one attached hydrogen (secondary N) is 1. The van der Waals surface area contributed by atoms with Gasteiger partial charge in [-0.1, -0.05) is 46.0 Å². The SMILES string of the molecule is CC(C)[C@@H](CO)NC(=O)N=c1sc(C(C)(C)C)nn1C[C@H]1CCCO1. The van der Waals surface area contributed by atoms with E-state index < -0.39 is 6.03 Å². The zero-order valence-electron chi connectivity index (χ0n) is 15.8. The standard InChI is InChI=1S/C17H30N4O3S/c1-11(2)13(10-22)18-15(23)19-16-21(9-12-7-6-8-24-12)20-14(25-16)17(3,4)5/h11-13,22H,6-10H2,1-5H3,(H,18,23)/t12-,13-/m1/s1. The maximum atomic E-state index is 12.3. The average Bonchev–Trinajstić information content (AvgIpc) is 3.15. The summed E-state index contributed by atoms with van der Waals surface area (Å²) in [6.45, 7) is 11.4. The number of hydrogen-bond acceptors (Lipinski definition) is 5. The quantitative estimate of drug-likeness (QED) is 0.830. The molecule has 1 fully saturated rings. The summed E-state index contributed by atoms with van der Waals surface area (Å²) in [5.41, 5.74) is -0.112. The highest BCUT2D eigenvalue weighted by Crippen LogP contribution is 2.22. The molecule has 1 saturated heterocycles. The van der Waals surface area contributed by atoms with Gasteiger partial charge in [0.25, 0.3) is 0 Å². The lowest BCUT2D eigenvalue weighted by atomic mass is 9.98. The summed E-state index contributed by atoms with van der Waals surface area (Å²) in [6.07, 6.45) is 2.18. The summed E-state index contributed by atoms with van der Waals surface area (Å²) in [7, 11) is 0. The first kappa shape index (κ1) is 20.1. The summed E-state index contributed by atoms with van der Waals surface area (Å²) in [6, 6.07) is -0.754. The van der Waals surface area contributed by atoms with E-state index in [1.54, 1.807) is 4.68 Å². The number of aromatic nitrogens is 2. The van der Waals surface area contributed by atoms with Gasteiger partial charge in [0.15, 0.2) is 0 Å². The maximum absolute atomic E-state index is 12.3. The summed E-state index contributed by atoms with van der Waals surface area (Å²) < 4.78 is 7.48. The first-order valence-corrected chi connectivity index (χ1v) is 9.68. The van der Waals surface area contributed by atoms with Crippen molar-refractivity contribution in [3.8, 4) is 0 Å². The number of aliphatic hydroxyl groups excluding tert-OH is 1. The highest BCUT2D eigenvalue weighted by Gasteiger charge is 2.23. The molecular weight excluding hydrogens is 340 g/mol. The van der Waals surface area contributed by atoms with E-state index in [9.17, 15) is 9.90 Å². The van der Waals surface area contributed by atoms with Crippen LogP contribution >= 0.6 is 11.3 Å². The van der Waals surface area contributed by atoms with Crippen molar-refractivity contribution < 1.29 is 14.6 Å². The van der Waals surface area contributed by atoms with Gasteiger partial charge in [0.05, 0.1) is 25.3 Å². The number of urea groups is 1. The Labute approximate surface area is 153 Å². The van der Waals surface area contributed by atoms with Crippen LogP contribution in [0.25, 0.3) is 0 Å². The van der Waals surface area contributed by atoms with Gasteiger partial charge >= 0.3 is 6.03 Å². The number of aliphatic hydroxyl groups is 1. The Kier molecular flexibility index (Phi) is 6.76. The van der Waals surface area contributed by atoms with E-state index in [1.807, 2.05) is 13.8 Å². The molecular formula is C17H30N4O3S. The van der Waals surface area contributed by atoms with E-state index in [0.29, 0.717) is 11.3 Å². The Morgan fingerprint density at radius 1 is 1.52 bits per heavy atom. The van der Waals surface area contributed by atoms with Crippen LogP contribution in [0.2, 0.25) is 0 Å². The summed E-state index contributed by atoms with van der Waals surface area (Å²) in [4.78, 5) is 17.1. The molecule has 142 valence electrons. The fraction of sp³-hybridized carbons (Fsp3) is 0.824. The molecule has 1 aliphatic rings. The Balaban J connectivity index is 2.26. The van der Waals surface area contributed by atoms with Crippen LogP contribution in [0.4, 0.5) is 4.79 Å². The van der Waals surface area contributed by atoms with Crippen LogP contribution in [-0.4, -0.2) is 46.3 Å². The van der Waals surface area contributed by atoms with Crippen LogP contribution in [0.3, 0.4) is 0 Å². The largest absolute Gasteiger partial charge is 0.394 e. The lowest BCUT2D eigenvalue weighted by Gasteiger charge is -2.18. The Hall–Kier alpha value is -1.25. The predicted molar refractivity (Wildman–Crippen MR) is 97.6 cm³/mol. The fourth-order valence-corrected chi connectivity index (χ4v) is 3.46. The van der Waals surface area contributed by atoms with Crippen LogP contribution in [-0.2, 0) is 16.7 Å². The van der Waals surface area contributed by atoms with Crippen LogP contribution in [0.15, 0.2) is 4.99 Å². The molecule has 1 aromatic heterocycles. The van der Waals surface area contributed by atoms with Crippen molar-refractivity contribution in [1.82, 2.24) is 15.1 Å². The monoisotopic (exact) mass is 370 g/mol. The molecule has 0 saturated carbocycles. The molecule has 0 aromatic carbocycles. The fourth-order valence-electron chi connectivity index (χ4n) is 2.50. The number of nitrogens with zero attached hydrogens (tertiary/aromatic N) is 3. The van der Waals surface area contributed by atoms with Crippen LogP contribution in [0.5, 0.6) is 0 Å². The van der Waals surface area contributed by atoms with Gasteiger partial charge in [-0.05, 0) is 18.8 Å². The molecule has 0 unspecified atom stereocenters. The van der Waals surface area contributed by atoms with Crippen LogP contribution < -0.4 is 10.1 Å². The molecule has 0 aliphatic carbocycles. The zero-order chi connectivity index (χ0) is 18.6. The van der Waals surface area contributed by atoms with E-state index in [4.69, 9.17) is 4.74 Å². The molecule has 1 aliphatic heterocycles. The molecule has 0 spiro atoms. The topological polar surface area (TPSA) is 88.7 Å². The first-order chi connectivity index (χ1) is 11.7. The number of carbonyl (C=O) groups is 1. The van der Waals surface area contributed by atoms with Crippen molar-refractivity contribution in [2.75, 3.05) is 13.2 Å². The average molecular weight is 371 g/mol. The molecule has 2 N–H and O–H groups in total. The molecule has 0 bridgehead atoms. The Morgan fingerprint density at radius 2 is 2.24 bits per heavy atom. The normalized spacial score (nSPS) is 20.3. The van der Waals surface area contributed by atoms with Gasteiger partial charge in [-0.2, -0.15) is 10.1 Å². The number of amides is 2. The second kappa shape index (κ2) is 8.42. The first-order valence-electron chi connectivity index (χ1n) is 8.87. The second-order valence-electron chi connectivity index (χ2n) is 7.85. The van der Waals surface area contributed by atoms with Gasteiger partial charge in [-0.25, -0.2) is 9.48 Å². The smallest absolute Gasteiger partial charge is 0.343 e. The molecule has 0 radical (unpaired) electrons. The summed E-state index contributed by atoms with van der Waals surface area (Å²) >= 11 is 1.43. The Morgan fingerprint density at radius 3 is 2.76 bits per heavy atom. The van der Waals surface area contributed by atoms with E-state index >= 15 is 0 Å². The predicted octanol–water partition coefficient (Wildman–Crippen LogP) is 2.05. The molecule has 25 heavy (non-hydrogen) atoms. The third-order valence-corrected chi connectivity index (χ3v) is 5.54. The van der Waals surface area contributed by atoms with Crippen molar-refractivity contribution in [2.45, 2.75) is 71.6 Å². The van der Waals surface area contributed by atoms with Gasteiger partial charge in [-0.15, -0.1) is 0 Å². The van der Waals surface area contributed by atoms with Crippen molar-refractivity contribution in [2.24, 2.45) is 10.9 Å². The third kappa shape index (κ3) is 5.62. The minimum atomic E-state index is -0.446. The van der Waals surface area contributed by atoms with Gasteiger partial charge < -0.3 is 15.2 Å². The Bertz CT molecular complexity index is 639. The van der Waals surface area contributed by atoms with Crippen LogP contribution in [0.1, 0.15) is 52.5 Å². The van der Waals surface area contributed by atoms with Gasteiger partial charge in [0.2, 0.25) is 4.80 Å². The van der Waals surface area contributed by atoms with E-state index in [2.05, 4.69) is 36.2 Å². The molecule has 2 atom stereocenters.